The lowest BCUT2D eigenvalue weighted by Crippen LogP contribution is -2.25. The van der Waals surface area contributed by atoms with Crippen molar-refractivity contribution in [3.63, 3.8) is 0 Å². The maximum Gasteiger partial charge on any atom is 0.253 e. The van der Waals surface area contributed by atoms with Crippen molar-refractivity contribution >= 4 is 0 Å². The highest BCUT2D eigenvalue weighted by atomic mass is 16.1. The highest BCUT2D eigenvalue weighted by Crippen LogP contribution is 2.05. The second-order valence-corrected chi connectivity index (χ2v) is 3.43. The second-order valence-electron chi connectivity index (χ2n) is 3.43. The Hall–Kier alpha value is -1.05. The summed E-state index contributed by atoms with van der Waals surface area (Å²) in [5.74, 6) is 0. The third kappa shape index (κ3) is 1.42. The largest absolute Gasteiger partial charge is 0.310 e. The van der Waals surface area contributed by atoms with Gasteiger partial charge in [0, 0.05) is 17.3 Å². The fourth-order valence-corrected chi connectivity index (χ4v) is 1.39. The predicted molar refractivity (Wildman–Crippen MR) is 50.6 cm³/mol. The topological polar surface area (TPSA) is 22.0 Å². The van der Waals surface area contributed by atoms with E-state index < -0.39 is 0 Å². The van der Waals surface area contributed by atoms with Crippen LogP contribution in [0.4, 0.5) is 0 Å². The average Bonchev–Trinajstić information content (AvgIpc) is 1.97. The zero-order valence-electron chi connectivity index (χ0n) is 8.09. The molecule has 0 N–H and O–H groups in total. The molecule has 1 rings (SSSR count). The van der Waals surface area contributed by atoms with Crippen LogP contribution in [-0.2, 0) is 0 Å². The zero-order valence-corrected chi connectivity index (χ0v) is 8.09. The van der Waals surface area contributed by atoms with Crippen LogP contribution in [0, 0.1) is 13.8 Å². The molecular formula is C10H15NO. The highest BCUT2D eigenvalue weighted by molar-refractivity contribution is 5.14. The molecule has 2 nitrogen and oxygen atoms in total. The van der Waals surface area contributed by atoms with Crippen LogP contribution in [-0.4, -0.2) is 4.57 Å². The van der Waals surface area contributed by atoms with Crippen molar-refractivity contribution in [2.45, 2.75) is 33.7 Å². The first kappa shape index (κ1) is 9.04. The number of aryl methyl sites for hydroxylation is 2. The van der Waals surface area contributed by atoms with Gasteiger partial charge in [0.1, 0.15) is 0 Å². The lowest BCUT2D eigenvalue weighted by Gasteiger charge is -2.13. The molecule has 12 heavy (non-hydrogen) atoms. The molecule has 0 saturated carbocycles. The number of aromatic nitrogens is 1. The molecule has 0 fully saturated rings. The predicted octanol–water partition coefficient (Wildman–Crippen LogP) is 2.05. The molecule has 66 valence electrons. The summed E-state index contributed by atoms with van der Waals surface area (Å²) < 4.78 is 1.81. The van der Waals surface area contributed by atoms with Gasteiger partial charge in [-0.15, -0.1) is 0 Å². The van der Waals surface area contributed by atoms with E-state index in [0.717, 1.165) is 11.3 Å². The maximum absolute atomic E-state index is 11.6. The number of hydrogen-bond donors (Lipinski definition) is 0. The first-order chi connectivity index (χ1) is 5.54. The van der Waals surface area contributed by atoms with E-state index in [1.54, 1.807) is 0 Å². The van der Waals surface area contributed by atoms with Crippen molar-refractivity contribution in [3.8, 4) is 0 Å². The molecule has 0 unspecified atom stereocenters. The van der Waals surface area contributed by atoms with Crippen LogP contribution < -0.4 is 5.56 Å². The molecule has 0 spiro atoms. The van der Waals surface area contributed by atoms with Crippen LogP contribution in [0.25, 0.3) is 0 Å². The minimum atomic E-state index is 0.130. The quantitative estimate of drug-likeness (QED) is 0.624. The summed E-state index contributed by atoms with van der Waals surface area (Å²) in [7, 11) is 0. The number of nitrogens with zero attached hydrogens (tertiary/aromatic N) is 1. The molecule has 0 aromatic carbocycles. The fraction of sp³-hybridized carbons (Fsp3) is 0.500. The van der Waals surface area contributed by atoms with Crippen molar-refractivity contribution in [2.24, 2.45) is 0 Å². The molecule has 1 aromatic rings. The zero-order chi connectivity index (χ0) is 9.30. The first-order valence-electron chi connectivity index (χ1n) is 4.22. The Balaban J connectivity index is 3.44. The van der Waals surface area contributed by atoms with Crippen LogP contribution in [0.3, 0.4) is 0 Å². The normalized spacial score (nSPS) is 10.8. The highest BCUT2D eigenvalue weighted by Gasteiger charge is 2.04. The molecule has 0 aliphatic rings. The SMILES string of the molecule is Cc1ccc(C)n(C(C)C)c1=O. The van der Waals surface area contributed by atoms with Crippen LogP contribution in [0.15, 0.2) is 16.9 Å². The number of rotatable bonds is 1. The minimum Gasteiger partial charge on any atom is -0.310 e. The van der Waals surface area contributed by atoms with Crippen LogP contribution >= 0.6 is 0 Å². The molecule has 0 aliphatic heterocycles. The Morgan fingerprint density at radius 2 is 1.83 bits per heavy atom. The third-order valence-corrected chi connectivity index (χ3v) is 2.03. The van der Waals surface area contributed by atoms with Crippen molar-refractivity contribution in [3.05, 3.63) is 33.7 Å². The van der Waals surface area contributed by atoms with E-state index in [2.05, 4.69) is 0 Å². The smallest absolute Gasteiger partial charge is 0.253 e. The molecule has 1 aromatic heterocycles. The van der Waals surface area contributed by atoms with Crippen LogP contribution in [0.1, 0.15) is 31.1 Å². The van der Waals surface area contributed by atoms with Gasteiger partial charge in [0.2, 0.25) is 0 Å². The molecule has 0 bridgehead atoms. The van der Waals surface area contributed by atoms with Gasteiger partial charge in [-0.25, -0.2) is 0 Å². The average molecular weight is 165 g/mol. The third-order valence-electron chi connectivity index (χ3n) is 2.03. The van der Waals surface area contributed by atoms with E-state index in [4.69, 9.17) is 0 Å². The molecule has 0 atom stereocenters. The van der Waals surface area contributed by atoms with Gasteiger partial charge in [0.25, 0.3) is 5.56 Å². The minimum absolute atomic E-state index is 0.130. The molecule has 0 radical (unpaired) electrons. The maximum atomic E-state index is 11.6. The van der Waals surface area contributed by atoms with Gasteiger partial charge in [-0.2, -0.15) is 0 Å². The van der Waals surface area contributed by atoms with Crippen LogP contribution in [0.2, 0.25) is 0 Å². The lowest BCUT2D eigenvalue weighted by molar-refractivity contribution is 0.560. The Kier molecular flexibility index (Phi) is 2.36. The Bertz CT molecular complexity index is 336. The lowest BCUT2D eigenvalue weighted by atomic mass is 10.2. The summed E-state index contributed by atoms with van der Waals surface area (Å²) in [6.07, 6.45) is 0. The van der Waals surface area contributed by atoms with Gasteiger partial charge < -0.3 is 4.57 Å². The van der Waals surface area contributed by atoms with Gasteiger partial charge in [0.05, 0.1) is 0 Å². The first-order valence-corrected chi connectivity index (χ1v) is 4.22. The summed E-state index contributed by atoms with van der Waals surface area (Å²) >= 11 is 0. The van der Waals surface area contributed by atoms with E-state index in [0.29, 0.717) is 0 Å². The summed E-state index contributed by atoms with van der Waals surface area (Å²) in [6, 6.07) is 4.10. The van der Waals surface area contributed by atoms with Crippen LogP contribution in [0.5, 0.6) is 0 Å². The van der Waals surface area contributed by atoms with E-state index in [9.17, 15) is 4.79 Å². The van der Waals surface area contributed by atoms with Gasteiger partial charge in [-0.3, -0.25) is 4.79 Å². The summed E-state index contributed by atoms with van der Waals surface area (Å²) in [5.41, 5.74) is 1.97. The monoisotopic (exact) mass is 165 g/mol. The summed E-state index contributed by atoms with van der Waals surface area (Å²) in [6.45, 7) is 7.85. The van der Waals surface area contributed by atoms with Crippen molar-refractivity contribution in [1.29, 1.82) is 0 Å². The molecule has 0 saturated heterocycles. The molecule has 0 amide bonds. The summed E-state index contributed by atoms with van der Waals surface area (Å²) in [5, 5.41) is 0. The Morgan fingerprint density at radius 1 is 1.25 bits per heavy atom. The second kappa shape index (κ2) is 3.13. The molecular weight excluding hydrogens is 150 g/mol. The van der Waals surface area contributed by atoms with Crippen molar-refractivity contribution in [2.75, 3.05) is 0 Å². The van der Waals surface area contributed by atoms with E-state index in [1.807, 2.05) is 44.4 Å². The molecule has 1 heterocycles. The van der Waals surface area contributed by atoms with Gasteiger partial charge in [0.15, 0.2) is 0 Å². The Morgan fingerprint density at radius 3 is 2.25 bits per heavy atom. The van der Waals surface area contributed by atoms with E-state index in [1.165, 1.54) is 0 Å². The number of pyridine rings is 1. The van der Waals surface area contributed by atoms with Gasteiger partial charge in [-0.05, 0) is 33.8 Å². The molecule has 2 heteroatoms. The van der Waals surface area contributed by atoms with Crippen molar-refractivity contribution < 1.29 is 0 Å². The fourth-order valence-electron chi connectivity index (χ4n) is 1.39. The molecule has 0 aliphatic carbocycles. The van der Waals surface area contributed by atoms with E-state index in [-0.39, 0.29) is 11.6 Å². The van der Waals surface area contributed by atoms with Gasteiger partial charge in [-0.1, -0.05) is 6.07 Å². The number of hydrogen-bond acceptors (Lipinski definition) is 1. The van der Waals surface area contributed by atoms with E-state index >= 15 is 0 Å². The Labute approximate surface area is 72.8 Å². The summed E-state index contributed by atoms with van der Waals surface area (Å²) in [4.78, 5) is 11.6. The standard InChI is InChI=1S/C10H15NO/c1-7(2)11-9(4)6-5-8(3)10(11)12/h5-7H,1-4H3. The van der Waals surface area contributed by atoms with Gasteiger partial charge >= 0.3 is 0 Å². The van der Waals surface area contributed by atoms with Crippen molar-refractivity contribution in [1.82, 2.24) is 4.57 Å².